The fourth-order valence-corrected chi connectivity index (χ4v) is 2.58. The zero-order valence-corrected chi connectivity index (χ0v) is 12.4. The summed E-state index contributed by atoms with van der Waals surface area (Å²) in [6.45, 7) is 4.89. The highest BCUT2D eigenvalue weighted by Gasteiger charge is 2.25. The minimum atomic E-state index is -0.643. The summed E-state index contributed by atoms with van der Waals surface area (Å²) in [5.41, 5.74) is 0.349. The molecule has 2 aromatic rings. The second-order valence-corrected chi connectivity index (χ2v) is 5.45. The Balaban J connectivity index is 1.51. The van der Waals surface area contributed by atoms with E-state index in [4.69, 9.17) is 8.94 Å². The van der Waals surface area contributed by atoms with Crippen molar-refractivity contribution in [2.24, 2.45) is 0 Å². The molecule has 0 saturated carbocycles. The van der Waals surface area contributed by atoms with E-state index >= 15 is 0 Å². The highest BCUT2D eigenvalue weighted by molar-refractivity contribution is 5.92. The third-order valence-corrected chi connectivity index (χ3v) is 3.81. The molecule has 0 bridgehead atoms. The molecule has 0 aromatic carbocycles. The van der Waals surface area contributed by atoms with Crippen LogP contribution in [0.4, 0.5) is 0 Å². The SMILES string of the molecule is Cc1cc(C(=O)N2CCN(C[C@H](O)c3ccco3)CC2)no1. The van der Waals surface area contributed by atoms with Crippen LogP contribution in [0.15, 0.2) is 33.4 Å². The minimum Gasteiger partial charge on any atom is -0.467 e. The summed E-state index contributed by atoms with van der Waals surface area (Å²) in [5.74, 6) is 1.09. The molecule has 22 heavy (non-hydrogen) atoms. The zero-order valence-electron chi connectivity index (χ0n) is 12.4. The molecule has 1 saturated heterocycles. The van der Waals surface area contributed by atoms with Crippen LogP contribution >= 0.6 is 0 Å². The van der Waals surface area contributed by atoms with Gasteiger partial charge in [-0.3, -0.25) is 9.69 Å². The van der Waals surface area contributed by atoms with E-state index in [1.807, 2.05) is 0 Å². The van der Waals surface area contributed by atoms with Crippen molar-refractivity contribution in [2.45, 2.75) is 13.0 Å². The van der Waals surface area contributed by atoms with Gasteiger partial charge in [-0.1, -0.05) is 5.16 Å². The molecule has 1 N–H and O–H groups in total. The van der Waals surface area contributed by atoms with Crippen LogP contribution in [0.1, 0.15) is 28.1 Å². The van der Waals surface area contributed by atoms with Crippen LogP contribution in [0, 0.1) is 6.92 Å². The van der Waals surface area contributed by atoms with Crippen molar-refractivity contribution in [3.05, 3.63) is 41.7 Å². The molecule has 0 radical (unpaired) electrons. The lowest BCUT2D eigenvalue weighted by atomic mass is 10.2. The molecule has 1 atom stereocenters. The molecule has 118 valence electrons. The van der Waals surface area contributed by atoms with Gasteiger partial charge in [0.1, 0.15) is 17.6 Å². The number of aliphatic hydroxyl groups is 1. The number of furan rings is 1. The van der Waals surface area contributed by atoms with Crippen LogP contribution < -0.4 is 0 Å². The average Bonchev–Trinajstić information content (AvgIpc) is 3.18. The Labute approximate surface area is 128 Å². The first-order valence-corrected chi connectivity index (χ1v) is 7.30. The van der Waals surface area contributed by atoms with Gasteiger partial charge in [-0.15, -0.1) is 0 Å². The van der Waals surface area contributed by atoms with E-state index in [1.54, 1.807) is 36.3 Å². The Morgan fingerprint density at radius 1 is 1.41 bits per heavy atom. The minimum absolute atomic E-state index is 0.108. The number of amides is 1. The summed E-state index contributed by atoms with van der Waals surface area (Å²) in [6, 6.07) is 5.17. The van der Waals surface area contributed by atoms with Crippen LogP contribution in [0.3, 0.4) is 0 Å². The van der Waals surface area contributed by atoms with Crippen LogP contribution in [0.25, 0.3) is 0 Å². The molecule has 7 nitrogen and oxygen atoms in total. The van der Waals surface area contributed by atoms with Gasteiger partial charge in [-0.2, -0.15) is 0 Å². The van der Waals surface area contributed by atoms with Crippen molar-refractivity contribution >= 4 is 5.91 Å². The van der Waals surface area contributed by atoms with Gasteiger partial charge >= 0.3 is 0 Å². The molecular weight excluding hydrogens is 286 g/mol. The number of hydrogen-bond donors (Lipinski definition) is 1. The lowest BCUT2D eigenvalue weighted by molar-refractivity contribution is 0.0479. The highest BCUT2D eigenvalue weighted by atomic mass is 16.5. The number of carbonyl (C=O) groups excluding carboxylic acids is 1. The number of aromatic nitrogens is 1. The van der Waals surface area contributed by atoms with Crippen LogP contribution in [-0.2, 0) is 0 Å². The second-order valence-electron chi connectivity index (χ2n) is 5.45. The number of rotatable bonds is 4. The highest BCUT2D eigenvalue weighted by Crippen LogP contribution is 2.16. The van der Waals surface area contributed by atoms with E-state index in [1.165, 1.54) is 0 Å². The molecule has 0 unspecified atom stereocenters. The Kier molecular flexibility index (Phi) is 4.26. The standard InChI is InChI=1S/C15H19N3O4/c1-11-9-12(16-22-11)15(20)18-6-4-17(5-7-18)10-13(19)14-3-2-8-21-14/h2-3,8-9,13,19H,4-7,10H2,1H3/t13-/m0/s1. The maximum Gasteiger partial charge on any atom is 0.276 e. The number of carbonyl (C=O) groups is 1. The van der Waals surface area contributed by atoms with E-state index in [-0.39, 0.29) is 5.91 Å². The summed E-state index contributed by atoms with van der Waals surface area (Å²) in [6.07, 6.45) is 0.908. The van der Waals surface area contributed by atoms with Crippen molar-refractivity contribution in [2.75, 3.05) is 32.7 Å². The third kappa shape index (κ3) is 3.20. The number of nitrogens with zero attached hydrogens (tertiary/aromatic N) is 3. The summed E-state index contributed by atoms with van der Waals surface area (Å²) in [5, 5.41) is 13.8. The Morgan fingerprint density at radius 2 is 2.18 bits per heavy atom. The number of aryl methyl sites for hydroxylation is 1. The van der Waals surface area contributed by atoms with Gasteiger partial charge in [0, 0.05) is 38.8 Å². The third-order valence-electron chi connectivity index (χ3n) is 3.81. The predicted molar refractivity (Wildman–Crippen MR) is 77.3 cm³/mol. The summed E-state index contributed by atoms with van der Waals surface area (Å²) >= 11 is 0. The van der Waals surface area contributed by atoms with Crippen molar-refractivity contribution in [3.63, 3.8) is 0 Å². The summed E-state index contributed by atoms with van der Waals surface area (Å²) in [4.78, 5) is 16.1. The molecule has 1 aliphatic heterocycles. The molecular formula is C15H19N3O4. The maximum atomic E-state index is 12.2. The van der Waals surface area contributed by atoms with E-state index in [0.29, 0.717) is 49.9 Å². The normalized spacial score (nSPS) is 17.6. The number of piperazine rings is 1. The van der Waals surface area contributed by atoms with Crippen molar-refractivity contribution in [3.8, 4) is 0 Å². The monoisotopic (exact) mass is 305 g/mol. The lowest BCUT2D eigenvalue weighted by Crippen LogP contribution is -2.49. The number of aliphatic hydroxyl groups excluding tert-OH is 1. The largest absolute Gasteiger partial charge is 0.467 e. The summed E-state index contributed by atoms with van der Waals surface area (Å²) < 4.78 is 10.1. The first-order valence-electron chi connectivity index (χ1n) is 7.30. The van der Waals surface area contributed by atoms with E-state index in [0.717, 1.165) is 0 Å². The fourth-order valence-electron chi connectivity index (χ4n) is 2.58. The number of β-amino-alcohol motifs (C(OH)–C–C–N with tert-alkyl or cyclic N) is 1. The Hall–Kier alpha value is -2.12. The summed E-state index contributed by atoms with van der Waals surface area (Å²) in [7, 11) is 0. The molecule has 2 aromatic heterocycles. The van der Waals surface area contributed by atoms with E-state index in [9.17, 15) is 9.90 Å². The Bertz CT molecular complexity index is 615. The van der Waals surface area contributed by atoms with Crippen LogP contribution in [0.5, 0.6) is 0 Å². The molecule has 0 spiro atoms. The maximum absolute atomic E-state index is 12.2. The predicted octanol–water partition coefficient (Wildman–Crippen LogP) is 1.07. The van der Waals surface area contributed by atoms with E-state index in [2.05, 4.69) is 10.1 Å². The van der Waals surface area contributed by atoms with Gasteiger partial charge in [0.25, 0.3) is 5.91 Å². The zero-order chi connectivity index (χ0) is 15.5. The first-order chi connectivity index (χ1) is 10.6. The van der Waals surface area contributed by atoms with Crippen molar-refractivity contribution in [1.82, 2.24) is 15.0 Å². The molecule has 1 amide bonds. The molecule has 7 heteroatoms. The quantitative estimate of drug-likeness (QED) is 0.909. The molecule has 3 rings (SSSR count). The second kappa shape index (κ2) is 6.33. The number of hydrogen-bond acceptors (Lipinski definition) is 6. The molecule has 1 fully saturated rings. The van der Waals surface area contributed by atoms with Crippen molar-refractivity contribution in [1.29, 1.82) is 0 Å². The smallest absolute Gasteiger partial charge is 0.276 e. The topological polar surface area (TPSA) is 83.0 Å². The van der Waals surface area contributed by atoms with Gasteiger partial charge in [0.2, 0.25) is 0 Å². The van der Waals surface area contributed by atoms with Crippen LogP contribution in [0.2, 0.25) is 0 Å². The fraction of sp³-hybridized carbons (Fsp3) is 0.467. The molecule has 3 heterocycles. The van der Waals surface area contributed by atoms with Gasteiger partial charge in [-0.25, -0.2) is 0 Å². The average molecular weight is 305 g/mol. The van der Waals surface area contributed by atoms with Gasteiger partial charge in [0.05, 0.1) is 6.26 Å². The molecule has 0 aliphatic carbocycles. The van der Waals surface area contributed by atoms with Crippen LogP contribution in [-0.4, -0.2) is 58.7 Å². The van der Waals surface area contributed by atoms with Gasteiger partial charge < -0.3 is 18.9 Å². The Morgan fingerprint density at radius 3 is 2.77 bits per heavy atom. The van der Waals surface area contributed by atoms with Crippen molar-refractivity contribution < 1.29 is 18.8 Å². The first kappa shape index (κ1) is 14.8. The van der Waals surface area contributed by atoms with Gasteiger partial charge in [0.15, 0.2) is 5.69 Å². The molecule has 1 aliphatic rings. The lowest BCUT2D eigenvalue weighted by Gasteiger charge is -2.34. The van der Waals surface area contributed by atoms with Gasteiger partial charge in [-0.05, 0) is 19.1 Å². The van der Waals surface area contributed by atoms with E-state index < -0.39 is 6.10 Å².